The van der Waals surface area contributed by atoms with E-state index in [-0.39, 0.29) is 11.9 Å². The van der Waals surface area contributed by atoms with Crippen LogP contribution in [0.1, 0.15) is 45.7 Å². The maximum atomic E-state index is 11.5. The fourth-order valence-electron chi connectivity index (χ4n) is 3.71. The van der Waals surface area contributed by atoms with Gasteiger partial charge in [-0.3, -0.25) is 0 Å². The quantitative estimate of drug-likeness (QED) is 0.310. The van der Waals surface area contributed by atoms with Gasteiger partial charge >= 0.3 is 11.9 Å². The SMILES string of the molecule is C=CC1(C)Cc2cc(C(=O)OC)cc(Br)c2O1.COC(=O)c1cc(Br)c2c(c1)CC(C)=CCO2. The summed E-state index contributed by atoms with van der Waals surface area (Å²) in [5.41, 5.74) is 3.89. The van der Waals surface area contributed by atoms with Crippen LogP contribution >= 0.6 is 31.9 Å². The molecule has 0 N–H and O–H groups in total. The summed E-state index contributed by atoms with van der Waals surface area (Å²) in [6.45, 7) is 8.35. The Balaban J connectivity index is 0.000000191. The van der Waals surface area contributed by atoms with Crippen LogP contribution in [0.15, 0.2) is 57.5 Å². The summed E-state index contributed by atoms with van der Waals surface area (Å²) >= 11 is 6.84. The van der Waals surface area contributed by atoms with Crippen LogP contribution in [0, 0.1) is 0 Å². The molecule has 0 aromatic heterocycles. The second kappa shape index (κ2) is 10.8. The number of hydrogen-bond donors (Lipinski definition) is 0. The molecule has 0 spiro atoms. The van der Waals surface area contributed by atoms with Crippen LogP contribution in [0.25, 0.3) is 0 Å². The third-order valence-electron chi connectivity index (χ3n) is 5.52. The molecule has 1 unspecified atom stereocenters. The fraction of sp³-hybridized carbons (Fsp3) is 0.308. The van der Waals surface area contributed by atoms with E-state index in [0.29, 0.717) is 24.2 Å². The van der Waals surface area contributed by atoms with Gasteiger partial charge in [0, 0.05) is 17.5 Å². The zero-order valence-corrected chi connectivity index (χ0v) is 22.7. The number of carbonyl (C=O) groups is 2. The Hall–Kier alpha value is -2.58. The zero-order chi connectivity index (χ0) is 25.0. The summed E-state index contributed by atoms with van der Waals surface area (Å²) in [4.78, 5) is 23.0. The van der Waals surface area contributed by atoms with Gasteiger partial charge in [-0.1, -0.05) is 12.2 Å². The van der Waals surface area contributed by atoms with Gasteiger partial charge in [-0.05, 0) is 88.5 Å². The van der Waals surface area contributed by atoms with E-state index in [0.717, 1.165) is 38.0 Å². The number of hydrogen-bond acceptors (Lipinski definition) is 6. The average Bonchev–Trinajstić information content (AvgIpc) is 3.05. The minimum atomic E-state index is -0.403. The first-order valence-electron chi connectivity index (χ1n) is 10.5. The van der Waals surface area contributed by atoms with Gasteiger partial charge in [0.15, 0.2) is 0 Å². The molecule has 0 saturated heterocycles. The number of allylic oxidation sites excluding steroid dienone is 1. The molecule has 0 saturated carbocycles. The summed E-state index contributed by atoms with van der Waals surface area (Å²) in [6.07, 6.45) is 5.32. The van der Waals surface area contributed by atoms with Gasteiger partial charge in [-0.25, -0.2) is 9.59 Å². The molecule has 34 heavy (non-hydrogen) atoms. The molecule has 2 aromatic carbocycles. The van der Waals surface area contributed by atoms with Crippen molar-refractivity contribution in [1.29, 1.82) is 0 Å². The topological polar surface area (TPSA) is 71.1 Å². The van der Waals surface area contributed by atoms with E-state index >= 15 is 0 Å². The summed E-state index contributed by atoms with van der Waals surface area (Å²) in [5, 5.41) is 0. The van der Waals surface area contributed by atoms with Crippen molar-refractivity contribution in [3.63, 3.8) is 0 Å². The fourth-order valence-corrected chi connectivity index (χ4v) is 4.91. The minimum absolute atomic E-state index is 0.334. The van der Waals surface area contributed by atoms with Crippen LogP contribution in [-0.2, 0) is 22.3 Å². The Labute approximate surface area is 216 Å². The Morgan fingerprint density at radius 3 is 2.12 bits per heavy atom. The predicted molar refractivity (Wildman–Crippen MR) is 137 cm³/mol. The summed E-state index contributed by atoms with van der Waals surface area (Å²) in [5.74, 6) is 0.908. The van der Waals surface area contributed by atoms with Gasteiger partial charge < -0.3 is 18.9 Å². The molecular weight excluding hydrogens is 568 g/mol. The molecule has 2 aliphatic heterocycles. The first-order valence-corrected chi connectivity index (χ1v) is 12.1. The lowest BCUT2D eigenvalue weighted by Gasteiger charge is -2.18. The largest absolute Gasteiger partial charge is 0.488 e. The Morgan fingerprint density at radius 1 is 1.00 bits per heavy atom. The van der Waals surface area contributed by atoms with Crippen LogP contribution < -0.4 is 9.47 Å². The number of benzene rings is 2. The van der Waals surface area contributed by atoms with E-state index in [9.17, 15) is 9.59 Å². The number of esters is 2. The average molecular weight is 594 g/mol. The van der Waals surface area contributed by atoms with E-state index in [2.05, 4.69) is 45.4 Å². The lowest BCUT2D eigenvalue weighted by atomic mass is 9.98. The number of halogens is 2. The maximum absolute atomic E-state index is 11.5. The van der Waals surface area contributed by atoms with E-state index in [4.69, 9.17) is 18.9 Å². The molecule has 6 nitrogen and oxygen atoms in total. The highest BCUT2D eigenvalue weighted by molar-refractivity contribution is 9.11. The third-order valence-corrected chi connectivity index (χ3v) is 6.70. The van der Waals surface area contributed by atoms with Gasteiger partial charge in [0.1, 0.15) is 23.7 Å². The van der Waals surface area contributed by atoms with E-state index in [1.807, 2.05) is 19.1 Å². The van der Waals surface area contributed by atoms with Crippen LogP contribution in [0.4, 0.5) is 0 Å². The molecule has 4 rings (SSSR count). The molecule has 0 bridgehead atoms. The molecule has 1 atom stereocenters. The van der Waals surface area contributed by atoms with Crippen molar-refractivity contribution in [2.45, 2.75) is 32.3 Å². The smallest absolute Gasteiger partial charge is 0.337 e. The highest BCUT2D eigenvalue weighted by atomic mass is 79.9. The second-order valence-electron chi connectivity index (χ2n) is 8.21. The highest BCUT2D eigenvalue weighted by Gasteiger charge is 2.34. The number of fused-ring (bicyclic) bond motifs is 2. The second-order valence-corrected chi connectivity index (χ2v) is 9.92. The summed E-state index contributed by atoms with van der Waals surface area (Å²) in [7, 11) is 2.75. The van der Waals surface area contributed by atoms with E-state index < -0.39 is 5.60 Å². The molecule has 0 radical (unpaired) electrons. The normalized spacial score (nSPS) is 17.9. The van der Waals surface area contributed by atoms with Gasteiger partial charge in [0.25, 0.3) is 0 Å². The molecular formula is C26H26Br2O6. The number of methoxy groups -OCH3 is 2. The first-order chi connectivity index (χ1) is 16.1. The molecule has 2 aliphatic rings. The van der Waals surface area contributed by atoms with E-state index in [1.54, 1.807) is 24.3 Å². The molecule has 2 heterocycles. The van der Waals surface area contributed by atoms with Crippen molar-refractivity contribution in [2.24, 2.45) is 0 Å². The molecule has 0 fully saturated rings. The Morgan fingerprint density at radius 2 is 1.56 bits per heavy atom. The van der Waals surface area contributed by atoms with Gasteiger partial charge in [-0.2, -0.15) is 0 Å². The van der Waals surface area contributed by atoms with Gasteiger partial charge in [0.2, 0.25) is 0 Å². The highest BCUT2D eigenvalue weighted by Crippen LogP contribution is 2.41. The summed E-state index contributed by atoms with van der Waals surface area (Å²) < 4.78 is 22.5. The molecule has 180 valence electrons. The molecule has 0 aliphatic carbocycles. The number of carbonyl (C=O) groups excluding carboxylic acids is 2. The van der Waals surface area contributed by atoms with Crippen LogP contribution in [0.3, 0.4) is 0 Å². The minimum Gasteiger partial charge on any atom is -0.488 e. The molecule has 0 amide bonds. The van der Waals surface area contributed by atoms with Gasteiger partial charge in [0.05, 0.1) is 34.3 Å². The summed E-state index contributed by atoms with van der Waals surface area (Å²) in [6, 6.07) is 7.07. The number of ether oxygens (including phenoxy) is 4. The Kier molecular flexibility index (Phi) is 8.25. The van der Waals surface area contributed by atoms with Crippen LogP contribution in [-0.4, -0.2) is 38.4 Å². The lowest BCUT2D eigenvalue weighted by molar-refractivity contribution is 0.0591. The lowest BCUT2D eigenvalue weighted by Crippen LogP contribution is -2.26. The van der Waals surface area contributed by atoms with Crippen molar-refractivity contribution < 1.29 is 28.5 Å². The van der Waals surface area contributed by atoms with Crippen molar-refractivity contribution in [3.05, 3.63) is 79.8 Å². The zero-order valence-electron chi connectivity index (χ0n) is 19.5. The van der Waals surface area contributed by atoms with Crippen molar-refractivity contribution in [3.8, 4) is 11.5 Å². The van der Waals surface area contributed by atoms with Crippen LogP contribution in [0.5, 0.6) is 11.5 Å². The van der Waals surface area contributed by atoms with Crippen molar-refractivity contribution >= 4 is 43.8 Å². The third kappa shape index (κ3) is 5.73. The van der Waals surface area contributed by atoms with E-state index in [1.165, 1.54) is 19.8 Å². The van der Waals surface area contributed by atoms with Crippen LogP contribution in [0.2, 0.25) is 0 Å². The molecule has 2 aromatic rings. The monoisotopic (exact) mass is 592 g/mol. The number of rotatable bonds is 3. The van der Waals surface area contributed by atoms with Gasteiger partial charge in [-0.15, -0.1) is 0 Å². The first kappa shape index (κ1) is 26.0. The predicted octanol–water partition coefficient (Wildman–Crippen LogP) is 6.23. The maximum Gasteiger partial charge on any atom is 0.337 e. The van der Waals surface area contributed by atoms with Crippen molar-refractivity contribution in [1.82, 2.24) is 0 Å². The molecule has 8 heteroatoms. The Bertz CT molecular complexity index is 1170. The van der Waals surface area contributed by atoms with Crippen molar-refractivity contribution in [2.75, 3.05) is 20.8 Å². The standard InChI is InChI=1S/2C13H13BrO3/c1-8-3-4-17-12-9(5-8)6-10(7-11(12)14)13(15)16-2;1-4-13(2)7-9-5-8(12(15)16-3)6-10(14)11(9)17-13/h3,6-7H,4-5H2,1-2H3;4-6H,1,7H2,2-3H3.